The van der Waals surface area contributed by atoms with Crippen LogP contribution >= 0.6 is 0 Å². The predicted molar refractivity (Wildman–Crippen MR) is 63.4 cm³/mol. The third-order valence-electron chi connectivity index (χ3n) is 2.32. The summed E-state index contributed by atoms with van der Waals surface area (Å²) in [6.07, 6.45) is -1.65. The summed E-state index contributed by atoms with van der Waals surface area (Å²) < 4.78 is 24.9. The van der Waals surface area contributed by atoms with Crippen LogP contribution in [0.15, 0.2) is 6.07 Å². The van der Waals surface area contributed by atoms with Crippen LogP contribution in [0, 0.1) is 6.92 Å². The molecule has 0 bridgehead atoms. The van der Waals surface area contributed by atoms with Crippen molar-refractivity contribution in [1.82, 2.24) is 9.97 Å². The van der Waals surface area contributed by atoms with Crippen molar-refractivity contribution >= 4 is 5.82 Å². The second-order valence-corrected chi connectivity index (χ2v) is 3.74. The lowest BCUT2D eigenvalue weighted by atomic mass is 10.3. The number of nitrogens with two attached hydrogens (primary N) is 1. The highest BCUT2D eigenvalue weighted by molar-refractivity contribution is 5.40. The average molecular weight is 244 g/mol. The maximum absolute atomic E-state index is 12.5. The van der Waals surface area contributed by atoms with E-state index in [1.807, 2.05) is 6.92 Å². The molecule has 1 heterocycles. The standard InChI is InChI=1S/C11H18F2N4/c1-3-9-6-11(16-8(2)15-9)17(5-4-14)7-10(12)13/h6,10H,3-5,7,14H2,1-2H3. The van der Waals surface area contributed by atoms with E-state index in [-0.39, 0.29) is 6.54 Å². The Bertz CT molecular complexity index is 357. The Morgan fingerprint density at radius 3 is 2.65 bits per heavy atom. The zero-order valence-electron chi connectivity index (χ0n) is 10.2. The summed E-state index contributed by atoms with van der Waals surface area (Å²) in [5.74, 6) is 1.12. The second-order valence-electron chi connectivity index (χ2n) is 3.74. The Kier molecular flexibility index (Phi) is 5.21. The quantitative estimate of drug-likeness (QED) is 0.821. The molecule has 2 N–H and O–H groups in total. The summed E-state index contributed by atoms with van der Waals surface area (Å²) in [5, 5.41) is 0. The van der Waals surface area contributed by atoms with Gasteiger partial charge in [-0.1, -0.05) is 6.92 Å². The van der Waals surface area contributed by atoms with E-state index in [9.17, 15) is 8.78 Å². The smallest absolute Gasteiger partial charge is 0.255 e. The Balaban J connectivity index is 2.95. The molecule has 96 valence electrons. The fourth-order valence-electron chi connectivity index (χ4n) is 1.58. The fraction of sp³-hybridized carbons (Fsp3) is 0.636. The number of hydrogen-bond acceptors (Lipinski definition) is 4. The molecule has 0 atom stereocenters. The molecule has 0 saturated heterocycles. The number of nitrogens with zero attached hydrogens (tertiary/aromatic N) is 3. The van der Waals surface area contributed by atoms with Crippen molar-refractivity contribution in [3.05, 3.63) is 17.6 Å². The molecule has 0 fully saturated rings. The molecule has 0 radical (unpaired) electrons. The maximum atomic E-state index is 12.5. The third-order valence-corrected chi connectivity index (χ3v) is 2.32. The zero-order chi connectivity index (χ0) is 12.8. The topological polar surface area (TPSA) is 55.0 Å². The van der Waals surface area contributed by atoms with Crippen LogP contribution in [0.25, 0.3) is 0 Å². The van der Waals surface area contributed by atoms with Gasteiger partial charge in [0.2, 0.25) is 0 Å². The van der Waals surface area contributed by atoms with Gasteiger partial charge < -0.3 is 10.6 Å². The van der Waals surface area contributed by atoms with Crippen LogP contribution in [0.4, 0.5) is 14.6 Å². The van der Waals surface area contributed by atoms with Crippen LogP contribution in [0.3, 0.4) is 0 Å². The molecular formula is C11H18F2N4. The van der Waals surface area contributed by atoms with Crippen LogP contribution in [-0.2, 0) is 6.42 Å². The van der Waals surface area contributed by atoms with Gasteiger partial charge in [0.15, 0.2) is 0 Å². The predicted octanol–water partition coefficient (Wildman–Crippen LogP) is 1.38. The average Bonchev–Trinajstić information content (AvgIpc) is 2.27. The number of anilines is 1. The molecule has 0 saturated carbocycles. The van der Waals surface area contributed by atoms with Crippen molar-refractivity contribution in [3.63, 3.8) is 0 Å². The molecule has 1 aromatic rings. The lowest BCUT2D eigenvalue weighted by molar-refractivity contribution is 0.154. The summed E-state index contributed by atoms with van der Waals surface area (Å²) >= 11 is 0. The minimum atomic E-state index is -2.40. The normalized spacial score (nSPS) is 10.9. The molecule has 0 aromatic carbocycles. The summed E-state index contributed by atoms with van der Waals surface area (Å²) in [6.45, 7) is 4.05. The highest BCUT2D eigenvalue weighted by Crippen LogP contribution is 2.14. The number of aromatic nitrogens is 2. The first-order valence-corrected chi connectivity index (χ1v) is 5.64. The summed E-state index contributed by atoms with van der Waals surface area (Å²) in [4.78, 5) is 9.90. The second kappa shape index (κ2) is 6.44. The molecule has 1 aromatic heterocycles. The van der Waals surface area contributed by atoms with Crippen LogP contribution in [0.5, 0.6) is 0 Å². The number of alkyl halides is 2. The monoisotopic (exact) mass is 244 g/mol. The third kappa shape index (κ3) is 4.22. The Hall–Kier alpha value is -1.30. The minimum absolute atomic E-state index is 0.317. The Labute approximate surface area is 99.9 Å². The van der Waals surface area contributed by atoms with E-state index in [1.54, 1.807) is 13.0 Å². The largest absolute Gasteiger partial charge is 0.350 e. The Morgan fingerprint density at radius 1 is 1.41 bits per heavy atom. The fourth-order valence-corrected chi connectivity index (χ4v) is 1.58. The van der Waals surface area contributed by atoms with E-state index in [2.05, 4.69) is 9.97 Å². The summed E-state index contributed by atoms with van der Waals surface area (Å²) in [7, 11) is 0. The van der Waals surface area contributed by atoms with Gasteiger partial charge in [0.1, 0.15) is 11.6 Å². The van der Waals surface area contributed by atoms with Gasteiger partial charge in [-0.2, -0.15) is 0 Å². The van der Waals surface area contributed by atoms with Crippen LogP contribution in [0.2, 0.25) is 0 Å². The van der Waals surface area contributed by atoms with Crippen molar-refractivity contribution in [3.8, 4) is 0 Å². The van der Waals surface area contributed by atoms with Gasteiger partial charge >= 0.3 is 0 Å². The van der Waals surface area contributed by atoms with E-state index in [0.717, 1.165) is 12.1 Å². The molecule has 0 amide bonds. The lowest BCUT2D eigenvalue weighted by Crippen LogP contribution is -2.34. The van der Waals surface area contributed by atoms with Gasteiger partial charge in [0.05, 0.1) is 6.54 Å². The SMILES string of the molecule is CCc1cc(N(CCN)CC(F)F)nc(C)n1. The van der Waals surface area contributed by atoms with E-state index < -0.39 is 6.43 Å². The van der Waals surface area contributed by atoms with Crippen LogP contribution in [-0.4, -0.2) is 36.0 Å². The number of aryl methyl sites for hydroxylation is 2. The molecule has 6 heteroatoms. The highest BCUT2D eigenvalue weighted by Gasteiger charge is 2.14. The highest BCUT2D eigenvalue weighted by atomic mass is 19.3. The first-order chi connectivity index (χ1) is 8.06. The van der Waals surface area contributed by atoms with E-state index in [4.69, 9.17) is 5.73 Å². The van der Waals surface area contributed by atoms with Crippen molar-refractivity contribution in [2.24, 2.45) is 5.73 Å². The van der Waals surface area contributed by atoms with Gasteiger partial charge in [-0.05, 0) is 13.3 Å². The van der Waals surface area contributed by atoms with E-state index >= 15 is 0 Å². The van der Waals surface area contributed by atoms with Crippen molar-refractivity contribution in [2.75, 3.05) is 24.5 Å². The van der Waals surface area contributed by atoms with Crippen molar-refractivity contribution in [1.29, 1.82) is 0 Å². The van der Waals surface area contributed by atoms with Gasteiger partial charge in [0.25, 0.3) is 6.43 Å². The van der Waals surface area contributed by atoms with Crippen LogP contribution in [0.1, 0.15) is 18.4 Å². The van der Waals surface area contributed by atoms with Gasteiger partial charge in [0, 0.05) is 24.8 Å². The summed E-state index contributed by atoms with van der Waals surface area (Å²) in [5.41, 5.74) is 6.27. The van der Waals surface area contributed by atoms with E-state index in [0.29, 0.717) is 24.7 Å². The minimum Gasteiger partial charge on any atom is -0.350 e. The number of hydrogen-bond donors (Lipinski definition) is 1. The maximum Gasteiger partial charge on any atom is 0.255 e. The molecule has 0 spiro atoms. The van der Waals surface area contributed by atoms with Crippen LogP contribution < -0.4 is 10.6 Å². The van der Waals surface area contributed by atoms with Gasteiger partial charge in [-0.15, -0.1) is 0 Å². The van der Waals surface area contributed by atoms with Crippen molar-refractivity contribution < 1.29 is 8.78 Å². The molecule has 0 aliphatic heterocycles. The Morgan fingerprint density at radius 2 is 2.12 bits per heavy atom. The number of halogens is 2. The zero-order valence-corrected chi connectivity index (χ0v) is 10.2. The molecule has 0 unspecified atom stereocenters. The molecular weight excluding hydrogens is 226 g/mol. The number of rotatable bonds is 6. The molecule has 4 nitrogen and oxygen atoms in total. The molecule has 17 heavy (non-hydrogen) atoms. The lowest BCUT2D eigenvalue weighted by Gasteiger charge is -2.23. The summed E-state index contributed by atoms with van der Waals surface area (Å²) in [6, 6.07) is 1.74. The molecule has 0 aliphatic rings. The first kappa shape index (κ1) is 13.8. The molecule has 1 rings (SSSR count). The first-order valence-electron chi connectivity index (χ1n) is 5.64. The molecule has 0 aliphatic carbocycles. The van der Waals surface area contributed by atoms with E-state index in [1.165, 1.54) is 4.90 Å². The van der Waals surface area contributed by atoms with Gasteiger partial charge in [-0.3, -0.25) is 0 Å². The van der Waals surface area contributed by atoms with Crippen molar-refractivity contribution in [2.45, 2.75) is 26.7 Å². The van der Waals surface area contributed by atoms with Gasteiger partial charge in [-0.25, -0.2) is 18.7 Å².